The molecule has 1 N–H and O–H groups in total. The molecule has 4 unspecified atom stereocenters. The fraction of sp³-hybridized carbons (Fsp3) is 1.00. The lowest BCUT2D eigenvalue weighted by atomic mass is 9.62. The Bertz CT molecular complexity index is 166. The third-order valence-corrected chi connectivity index (χ3v) is 4.81. The summed E-state index contributed by atoms with van der Waals surface area (Å²) in [7, 11) is 0. The molecule has 4 fully saturated rings. The van der Waals surface area contributed by atoms with Crippen LogP contribution in [0.3, 0.4) is 0 Å². The fourth-order valence-corrected chi connectivity index (χ4v) is 4.18. The molecule has 2 bridgehead atoms. The van der Waals surface area contributed by atoms with Crippen LogP contribution >= 0.6 is 0 Å². The zero-order chi connectivity index (χ0) is 8.67. The van der Waals surface area contributed by atoms with Crippen LogP contribution in [0.25, 0.3) is 0 Å². The number of hydrogen-bond acceptors (Lipinski definition) is 1. The SMILES string of the molecule is C1CCC2C3CCC(CNC3)C2C1. The minimum Gasteiger partial charge on any atom is -0.316 e. The molecule has 1 nitrogen and oxygen atoms in total. The van der Waals surface area contributed by atoms with Crippen LogP contribution in [0.1, 0.15) is 38.5 Å². The molecule has 0 radical (unpaired) electrons. The highest BCUT2D eigenvalue weighted by Crippen LogP contribution is 2.47. The van der Waals surface area contributed by atoms with E-state index in [1.165, 1.54) is 38.8 Å². The molecule has 0 aromatic carbocycles. The molecule has 0 aromatic heterocycles. The number of nitrogens with one attached hydrogen (secondary N) is 1. The Hall–Kier alpha value is -0.0400. The van der Waals surface area contributed by atoms with Gasteiger partial charge in [-0.25, -0.2) is 0 Å². The summed E-state index contributed by atoms with van der Waals surface area (Å²) in [4.78, 5) is 0. The van der Waals surface area contributed by atoms with Crippen LogP contribution < -0.4 is 5.32 Å². The van der Waals surface area contributed by atoms with E-state index in [0.717, 1.165) is 23.7 Å². The van der Waals surface area contributed by atoms with E-state index in [4.69, 9.17) is 0 Å². The summed E-state index contributed by atoms with van der Waals surface area (Å²) in [5.41, 5.74) is 0. The molecular weight excluding hydrogens is 158 g/mol. The number of hydrogen-bond donors (Lipinski definition) is 1. The molecule has 2 saturated carbocycles. The molecule has 4 atom stereocenters. The summed E-state index contributed by atoms with van der Waals surface area (Å²) < 4.78 is 0. The quantitative estimate of drug-likeness (QED) is 0.602. The van der Waals surface area contributed by atoms with Crippen molar-refractivity contribution in [1.29, 1.82) is 0 Å². The molecule has 0 spiro atoms. The highest BCUT2D eigenvalue weighted by molar-refractivity contribution is 4.93. The van der Waals surface area contributed by atoms with Crippen molar-refractivity contribution in [3.8, 4) is 0 Å². The van der Waals surface area contributed by atoms with Crippen LogP contribution in [0, 0.1) is 23.7 Å². The van der Waals surface area contributed by atoms with Crippen LogP contribution in [-0.4, -0.2) is 13.1 Å². The Morgan fingerprint density at radius 3 is 1.77 bits per heavy atom. The molecule has 1 heteroatoms. The van der Waals surface area contributed by atoms with E-state index in [9.17, 15) is 0 Å². The van der Waals surface area contributed by atoms with Crippen molar-refractivity contribution in [2.75, 3.05) is 13.1 Å². The van der Waals surface area contributed by atoms with Crippen LogP contribution in [-0.2, 0) is 0 Å². The zero-order valence-corrected chi connectivity index (χ0v) is 8.47. The second-order valence-electron chi connectivity index (χ2n) is 5.37. The first-order valence-electron chi connectivity index (χ1n) is 6.16. The van der Waals surface area contributed by atoms with Gasteiger partial charge in [-0.15, -0.1) is 0 Å². The topological polar surface area (TPSA) is 12.0 Å². The van der Waals surface area contributed by atoms with Gasteiger partial charge in [-0.3, -0.25) is 0 Å². The van der Waals surface area contributed by atoms with Crippen molar-refractivity contribution in [2.45, 2.75) is 38.5 Å². The first-order valence-corrected chi connectivity index (χ1v) is 6.16. The van der Waals surface area contributed by atoms with Gasteiger partial charge in [0.2, 0.25) is 0 Å². The molecule has 2 aliphatic carbocycles. The first-order chi connectivity index (χ1) is 6.45. The maximum absolute atomic E-state index is 3.67. The van der Waals surface area contributed by atoms with Gasteiger partial charge in [0.1, 0.15) is 0 Å². The lowest BCUT2D eigenvalue weighted by Gasteiger charge is -2.43. The van der Waals surface area contributed by atoms with Gasteiger partial charge in [0, 0.05) is 0 Å². The van der Waals surface area contributed by atoms with Crippen LogP contribution in [0.2, 0.25) is 0 Å². The van der Waals surface area contributed by atoms with Crippen LogP contribution in [0.15, 0.2) is 0 Å². The van der Waals surface area contributed by atoms with E-state index in [2.05, 4.69) is 5.32 Å². The highest BCUT2D eigenvalue weighted by atomic mass is 14.9. The van der Waals surface area contributed by atoms with Crippen LogP contribution in [0.4, 0.5) is 0 Å². The van der Waals surface area contributed by atoms with Gasteiger partial charge in [-0.05, 0) is 62.4 Å². The lowest BCUT2D eigenvalue weighted by Crippen LogP contribution is -2.36. The van der Waals surface area contributed by atoms with Gasteiger partial charge in [0.05, 0.1) is 0 Å². The van der Waals surface area contributed by atoms with E-state index in [0.29, 0.717) is 0 Å². The fourth-order valence-electron chi connectivity index (χ4n) is 4.18. The second-order valence-corrected chi connectivity index (χ2v) is 5.37. The average molecular weight is 179 g/mol. The largest absolute Gasteiger partial charge is 0.316 e. The number of fused-ring (bicyclic) bond motifs is 3. The van der Waals surface area contributed by atoms with E-state index >= 15 is 0 Å². The van der Waals surface area contributed by atoms with Gasteiger partial charge in [0.25, 0.3) is 0 Å². The van der Waals surface area contributed by atoms with Gasteiger partial charge in [0.15, 0.2) is 0 Å². The Morgan fingerprint density at radius 1 is 0.692 bits per heavy atom. The molecule has 0 aromatic rings. The average Bonchev–Trinajstić information content (AvgIpc) is 2.52. The molecule has 2 saturated heterocycles. The van der Waals surface area contributed by atoms with Crippen molar-refractivity contribution in [3.63, 3.8) is 0 Å². The third-order valence-electron chi connectivity index (χ3n) is 4.81. The van der Waals surface area contributed by atoms with Crippen LogP contribution in [0.5, 0.6) is 0 Å². The normalized spacial score (nSPS) is 49.8. The monoisotopic (exact) mass is 179 g/mol. The predicted octanol–water partition coefficient (Wildman–Crippen LogP) is 2.42. The van der Waals surface area contributed by atoms with Crippen molar-refractivity contribution < 1.29 is 0 Å². The maximum atomic E-state index is 3.67. The minimum atomic E-state index is 1.05. The zero-order valence-electron chi connectivity index (χ0n) is 8.47. The predicted molar refractivity (Wildman–Crippen MR) is 54.5 cm³/mol. The van der Waals surface area contributed by atoms with Crippen molar-refractivity contribution in [2.24, 2.45) is 23.7 Å². The number of rotatable bonds is 0. The van der Waals surface area contributed by atoms with Gasteiger partial charge < -0.3 is 5.32 Å². The Morgan fingerprint density at radius 2 is 1.23 bits per heavy atom. The minimum absolute atomic E-state index is 1.05. The molecule has 4 aliphatic rings. The molecule has 13 heavy (non-hydrogen) atoms. The van der Waals surface area contributed by atoms with E-state index in [-0.39, 0.29) is 0 Å². The van der Waals surface area contributed by atoms with E-state index in [1.807, 2.05) is 0 Å². The van der Waals surface area contributed by atoms with Gasteiger partial charge in [-0.1, -0.05) is 12.8 Å². The first kappa shape index (κ1) is 8.28. The molecule has 0 amide bonds. The molecule has 2 aliphatic heterocycles. The Kier molecular flexibility index (Phi) is 2.08. The Balaban J connectivity index is 1.85. The van der Waals surface area contributed by atoms with Crippen molar-refractivity contribution >= 4 is 0 Å². The molecule has 74 valence electrons. The van der Waals surface area contributed by atoms with Crippen molar-refractivity contribution in [3.05, 3.63) is 0 Å². The molecule has 2 heterocycles. The van der Waals surface area contributed by atoms with Crippen molar-refractivity contribution in [1.82, 2.24) is 5.32 Å². The maximum Gasteiger partial charge on any atom is -0.00176 e. The summed E-state index contributed by atoms with van der Waals surface area (Å²) >= 11 is 0. The smallest absolute Gasteiger partial charge is 0.00176 e. The molecular formula is C12H21N. The Labute approximate surface area is 81.3 Å². The highest BCUT2D eigenvalue weighted by Gasteiger charge is 2.41. The second kappa shape index (κ2) is 3.27. The summed E-state index contributed by atoms with van der Waals surface area (Å²) in [6.45, 7) is 2.66. The molecule has 4 rings (SSSR count). The van der Waals surface area contributed by atoms with E-state index in [1.54, 1.807) is 12.8 Å². The summed E-state index contributed by atoms with van der Waals surface area (Å²) in [5, 5.41) is 3.67. The van der Waals surface area contributed by atoms with E-state index < -0.39 is 0 Å². The summed E-state index contributed by atoms with van der Waals surface area (Å²) in [6.07, 6.45) is 9.19. The lowest BCUT2D eigenvalue weighted by molar-refractivity contribution is 0.0766. The third kappa shape index (κ3) is 1.32. The van der Waals surface area contributed by atoms with Gasteiger partial charge in [-0.2, -0.15) is 0 Å². The van der Waals surface area contributed by atoms with Gasteiger partial charge >= 0.3 is 0 Å². The summed E-state index contributed by atoms with van der Waals surface area (Å²) in [5.74, 6) is 4.32. The summed E-state index contributed by atoms with van der Waals surface area (Å²) in [6, 6.07) is 0. The standard InChI is InChI=1S/C12H21N/c1-2-4-12-10-6-5-9(7-13-8-10)11(12)3-1/h9-13H,1-8H2.